The Kier molecular flexibility index (Phi) is 3.77. The van der Waals surface area contributed by atoms with E-state index in [0.717, 1.165) is 10.6 Å². The average molecular weight is 250 g/mol. The van der Waals surface area contributed by atoms with Crippen LogP contribution in [-0.2, 0) is 20.1 Å². The zero-order valence-electron chi connectivity index (χ0n) is 9.51. The lowest BCUT2D eigenvalue weighted by molar-refractivity contribution is 0.240. The molecule has 0 fully saturated rings. The Hall–Kier alpha value is -1.82. The van der Waals surface area contributed by atoms with Crippen LogP contribution in [0.15, 0.2) is 29.8 Å². The molecule has 2 aromatic heterocycles. The Morgan fingerprint density at radius 2 is 2.24 bits per heavy atom. The molecule has 0 unspecified atom stereocenters. The van der Waals surface area contributed by atoms with Gasteiger partial charge in [-0.2, -0.15) is 5.10 Å². The molecule has 0 atom stereocenters. The van der Waals surface area contributed by atoms with Gasteiger partial charge in [-0.25, -0.2) is 4.79 Å². The molecule has 5 nitrogen and oxygen atoms in total. The van der Waals surface area contributed by atoms with Gasteiger partial charge in [0.1, 0.15) is 0 Å². The number of amides is 2. The predicted molar refractivity (Wildman–Crippen MR) is 66.6 cm³/mol. The fourth-order valence-corrected chi connectivity index (χ4v) is 2.03. The average Bonchev–Trinajstić information content (AvgIpc) is 2.95. The van der Waals surface area contributed by atoms with E-state index in [9.17, 15) is 4.79 Å². The Morgan fingerprint density at radius 1 is 1.41 bits per heavy atom. The van der Waals surface area contributed by atoms with Crippen LogP contribution < -0.4 is 10.6 Å². The number of urea groups is 1. The zero-order chi connectivity index (χ0) is 12.1. The summed E-state index contributed by atoms with van der Waals surface area (Å²) in [6.45, 7) is 1.04. The molecule has 90 valence electrons. The molecule has 2 rings (SSSR count). The van der Waals surface area contributed by atoms with Crippen molar-refractivity contribution in [3.63, 3.8) is 0 Å². The number of carbonyl (C=O) groups is 1. The number of nitrogens with zero attached hydrogens (tertiary/aromatic N) is 2. The van der Waals surface area contributed by atoms with E-state index in [1.54, 1.807) is 22.2 Å². The molecule has 2 aromatic rings. The van der Waals surface area contributed by atoms with Crippen LogP contribution in [0.5, 0.6) is 0 Å². The smallest absolute Gasteiger partial charge is 0.315 e. The van der Waals surface area contributed by atoms with Crippen molar-refractivity contribution in [1.29, 1.82) is 0 Å². The summed E-state index contributed by atoms with van der Waals surface area (Å²) in [5, 5.41) is 11.6. The summed E-state index contributed by atoms with van der Waals surface area (Å²) in [7, 11) is 1.85. The quantitative estimate of drug-likeness (QED) is 0.863. The summed E-state index contributed by atoms with van der Waals surface area (Å²) in [5.74, 6) is 0. The van der Waals surface area contributed by atoms with Gasteiger partial charge in [0.2, 0.25) is 0 Å². The van der Waals surface area contributed by atoms with E-state index in [1.807, 2.05) is 30.6 Å². The standard InChI is InChI=1S/C11H14N4OS/c1-15-9(4-5-14-15)7-12-11(16)13-8-10-3-2-6-17-10/h2-6H,7-8H2,1H3,(H2,12,13,16). The highest BCUT2D eigenvalue weighted by Gasteiger charge is 2.03. The van der Waals surface area contributed by atoms with Gasteiger partial charge >= 0.3 is 6.03 Å². The number of nitrogens with one attached hydrogen (secondary N) is 2. The van der Waals surface area contributed by atoms with E-state index in [-0.39, 0.29) is 6.03 Å². The first-order chi connectivity index (χ1) is 8.25. The lowest BCUT2D eigenvalue weighted by atomic mass is 10.4. The minimum Gasteiger partial charge on any atom is -0.333 e. The fourth-order valence-electron chi connectivity index (χ4n) is 1.39. The maximum absolute atomic E-state index is 11.5. The molecular weight excluding hydrogens is 236 g/mol. The second-order valence-corrected chi connectivity index (χ2v) is 4.59. The number of carbonyl (C=O) groups excluding carboxylic acids is 1. The Bertz CT molecular complexity index is 477. The summed E-state index contributed by atoms with van der Waals surface area (Å²) in [5.41, 5.74) is 0.969. The number of aryl methyl sites for hydroxylation is 1. The third kappa shape index (κ3) is 3.32. The molecule has 0 spiro atoms. The molecule has 17 heavy (non-hydrogen) atoms. The van der Waals surface area contributed by atoms with Crippen LogP contribution in [0, 0.1) is 0 Å². The molecule has 2 amide bonds. The van der Waals surface area contributed by atoms with Crippen LogP contribution in [0.4, 0.5) is 4.79 Å². The van der Waals surface area contributed by atoms with Crippen molar-refractivity contribution in [2.45, 2.75) is 13.1 Å². The van der Waals surface area contributed by atoms with Crippen molar-refractivity contribution in [3.05, 3.63) is 40.3 Å². The molecule has 0 bridgehead atoms. The summed E-state index contributed by atoms with van der Waals surface area (Å²) in [6, 6.07) is 5.67. The first-order valence-corrected chi connectivity index (χ1v) is 6.14. The van der Waals surface area contributed by atoms with E-state index >= 15 is 0 Å². The lowest BCUT2D eigenvalue weighted by Gasteiger charge is -2.06. The number of aromatic nitrogens is 2. The summed E-state index contributed by atoms with van der Waals surface area (Å²) >= 11 is 1.63. The van der Waals surface area contributed by atoms with Crippen LogP contribution >= 0.6 is 11.3 Å². The van der Waals surface area contributed by atoms with Crippen molar-refractivity contribution in [2.24, 2.45) is 7.05 Å². The molecule has 2 heterocycles. The van der Waals surface area contributed by atoms with E-state index in [4.69, 9.17) is 0 Å². The molecule has 0 saturated heterocycles. The highest BCUT2D eigenvalue weighted by molar-refractivity contribution is 7.09. The second kappa shape index (κ2) is 5.49. The molecule has 0 aliphatic carbocycles. The maximum Gasteiger partial charge on any atom is 0.315 e. The SMILES string of the molecule is Cn1nccc1CNC(=O)NCc1cccs1. The highest BCUT2D eigenvalue weighted by Crippen LogP contribution is 2.07. The monoisotopic (exact) mass is 250 g/mol. The third-order valence-electron chi connectivity index (χ3n) is 2.36. The van der Waals surface area contributed by atoms with E-state index in [1.165, 1.54) is 0 Å². The number of rotatable bonds is 4. The number of hydrogen-bond donors (Lipinski definition) is 2. The van der Waals surface area contributed by atoms with Gasteiger partial charge in [-0.05, 0) is 17.5 Å². The fraction of sp³-hybridized carbons (Fsp3) is 0.273. The summed E-state index contributed by atoms with van der Waals surface area (Å²) in [6.07, 6.45) is 1.71. The van der Waals surface area contributed by atoms with Gasteiger partial charge in [-0.3, -0.25) is 4.68 Å². The Balaban J connectivity index is 1.73. The van der Waals surface area contributed by atoms with Crippen molar-refractivity contribution >= 4 is 17.4 Å². The van der Waals surface area contributed by atoms with Gasteiger partial charge in [0.05, 0.1) is 18.8 Å². The zero-order valence-corrected chi connectivity index (χ0v) is 10.3. The van der Waals surface area contributed by atoms with Crippen molar-refractivity contribution in [2.75, 3.05) is 0 Å². The predicted octanol–water partition coefficient (Wildman–Crippen LogP) is 1.48. The highest BCUT2D eigenvalue weighted by atomic mass is 32.1. The molecule has 2 N–H and O–H groups in total. The lowest BCUT2D eigenvalue weighted by Crippen LogP contribution is -2.34. The van der Waals surface area contributed by atoms with Gasteiger partial charge in [-0.1, -0.05) is 6.07 Å². The van der Waals surface area contributed by atoms with Crippen LogP contribution in [0.1, 0.15) is 10.6 Å². The molecule has 0 aliphatic rings. The maximum atomic E-state index is 11.5. The molecular formula is C11H14N4OS. The Labute approximate surface area is 103 Å². The van der Waals surface area contributed by atoms with Gasteiger partial charge in [0, 0.05) is 18.1 Å². The second-order valence-electron chi connectivity index (χ2n) is 3.56. The topological polar surface area (TPSA) is 59.0 Å². The summed E-state index contributed by atoms with van der Waals surface area (Å²) in [4.78, 5) is 12.6. The van der Waals surface area contributed by atoms with E-state index < -0.39 is 0 Å². The van der Waals surface area contributed by atoms with Gasteiger partial charge < -0.3 is 10.6 Å². The van der Waals surface area contributed by atoms with Gasteiger partial charge in [-0.15, -0.1) is 11.3 Å². The Morgan fingerprint density at radius 3 is 2.88 bits per heavy atom. The molecule has 0 aliphatic heterocycles. The minimum absolute atomic E-state index is 0.167. The van der Waals surface area contributed by atoms with Crippen LogP contribution in [0.2, 0.25) is 0 Å². The largest absolute Gasteiger partial charge is 0.333 e. The van der Waals surface area contributed by atoms with Gasteiger partial charge in [0.25, 0.3) is 0 Å². The van der Waals surface area contributed by atoms with Crippen LogP contribution in [0.3, 0.4) is 0 Å². The molecule has 0 aromatic carbocycles. The van der Waals surface area contributed by atoms with Crippen molar-refractivity contribution in [1.82, 2.24) is 20.4 Å². The number of hydrogen-bond acceptors (Lipinski definition) is 3. The normalized spacial score (nSPS) is 10.2. The van der Waals surface area contributed by atoms with Crippen molar-refractivity contribution in [3.8, 4) is 0 Å². The number of thiophene rings is 1. The van der Waals surface area contributed by atoms with Crippen molar-refractivity contribution < 1.29 is 4.79 Å². The first kappa shape index (κ1) is 11.7. The summed E-state index contributed by atoms with van der Waals surface area (Å²) < 4.78 is 1.74. The first-order valence-electron chi connectivity index (χ1n) is 5.26. The van der Waals surface area contributed by atoms with Gasteiger partial charge in [0.15, 0.2) is 0 Å². The van der Waals surface area contributed by atoms with E-state index in [2.05, 4.69) is 15.7 Å². The molecule has 0 saturated carbocycles. The van der Waals surface area contributed by atoms with Crippen LogP contribution in [-0.4, -0.2) is 15.8 Å². The third-order valence-corrected chi connectivity index (χ3v) is 3.23. The minimum atomic E-state index is -0.167. The molecule has 6 heteroatoms. The van der Waals surface area contributed by atoms with Crippen LogP contribution in [0.25, 0.3) is 0 Å². The molecule has 0 radical (unpaired) electrons. The van der Waals surface area contributed by atoms with E-state index in [0.29, 0.717) is 13.1 Å².